The van der Waals surface area contributed by atoms with Crippen molar-refractivity contribution in [3.63, 3.8) is 0 Å². The molecule has 0 bridgehead atoms. The Bertz CT molecular complexity index is 817. The van der Waals surface area contributed by atoms with Crippen molar-refractivity contribution in [1.82, 2.24) is 5.32 Å². The number of nitrogens with zero attached hydrogens (tertiary/aromatic N) is 1. The zero-order chi connectivity index (χ0) is 16.7. The molecule has 0 radical (unpaired) electrons. The van der Waals surface area contributed by atoms with Gasteiger partial charge in [-0.3, -0.25) is 4.79 Å². The SMILES string of the molecule is CC1Cc2ccccc2N(C(=O)C2=C(O)C3NC=CC=C3C=C2)C1. The first-order chi connectivity index (χ1) is 11.6. The summed E-state index contributed by atoms with van der Waals surface area (Å²) in [5.41, 5.74) is 3.46. The molecular weight excluding hydrogens is 300 g/mol. The largest absolute Gasteiger partial charge is 0.509 e. The molecule has 24 heavy (non-hydrogen) atoms. The van der Waals surface area contributed by atoms with Crippen molar-refractivity contribution in [3.8, 4) is 0 Å². The minimum atomic E-state index is -0.337. The third-order valence-corrected chi connectivity index (χ3v) is 4.79. The van der Waals surface area contributed by atoms with Crippen LogP contribution in [-0.2, 0) is 11.2 Å². The van der Waals surface area contributed by atoms with E-state index in [0.29, 0.717) is 18.0 Å². The highest BCUT2D eigenvalue weighted by Crippen LogP contribution is 2.32. The Kier molecular flexibility index (Phi) is 3.53. The van der Waals surface area contributed by atoms with Crippen molar-refractivity contribution in [2.24, 2.45) is 5.92 Å². The average Bonchev–Trinajstić information content (AvgIpc) is 2.61. The molecular formula is C20H20N2O2. The van der Waals surface area contributed by atoms with Crippen LogP contribution in [0.15, 0.2) is 71.7 Å². The predicted octanol–water partition coefficient (Wildman–Crippen LogP) is 3.01. The van der Waals surface area contributed by atoms with Crippen LogP contribution < -0.4 is 10.2 Å². The quantitative estimate of drug-likeness (QED) is 0.836. The number of aliphatic hydroxyl groups excluding tert-OH is 1. The Morgan fingerprint density at radius 3 is 3.00 bits per heavy atom. The number of allylic oxidation sites excluding steroid dienone is 2. The highest BCUT2D eigenvalue weighted by molar-refractivity contribution is 6.09. The molecule has 1 amide bonds. The van der Waals surface area contributed by atoms with Gasteiger partial charge in [-0.05, 0) is 47.9 Å². The first-order valence-corrected chi connectivity index (χ1v) is 8.29. The fraction of sp³-hybridized carbons (Fsp3) is 0.250. The molecule has 0 spiro atoms. The Hall–Kier alpha value is -2.75. The number of carbonyl (C=O) groups excluding carboxylic acids is 1. The van der Waals surface area contributed by atoms with Gasteiger partial charge in [0.25, 0.3) is 5.91 Å². The molecule has 1 aromatic rings. The lowest BCUT2D eigenvalue weighted by molar-refractivity contribution is -0.115. The lowest BCUT2D eigenvalue weighted by Gasteiger charge is -2.34. The second-order valence-corrected chi connectivity index (χ2v) is 6.61. The van der Waals surface area contributed by atoms with E-state index in [0.717, 1.165) is 17.7 Å². The molecule has 2 unspecified atom stereocenters. The number of nitrogens with one attached hydrogen (secondary N) is 1. The normalized spacial score (nSPS) is 24.9. The number of hydrogen-bond donors (Lipinski definition) is 2. The van der Waals surface area contributed by atoms with Crippen LogP contribution in [0, 0.1) is 5.92 Å². The van der Waals surface area contributed by atoms with Crippen LogP contribution in [0.3, 0.4) is 0 Å². The molecule has 1 aromatic carbocycles. The van der Waals surface area contributed by atoms with E-state index < -0.39 is 0 Å². The number of para-hydroxylation sites is 1. The molecule has 2 heterocycles. The molecule has 4 rings (SSSR count). The average molecular weight is 320 g/mol. The summed E-state index contributed by atoms with van der Waals surface area (Å²) in [5.74, 6) is 0.345. The summed E-state index contributed by atoms with van der Waals surface area (Å²) < 4.78 is 0. The van der Waals surface area contributed by atoms with Crippen molar-refractivity contribution in [3.05, 3.63) is 77.2 Å². The topological polar surface area (TPSA) is 52.6 Å². The molecule has 3 aliphatic rings. The molecule has 2 atom stereocenters. The Morgan fingerprint density at radius 1 is 1.29 bits per heavy atom. The highest BCUT2D eigenvalue weighted by Gasteiger charge is 2.32. The molecule has 0 saturated carbocycles. The molecule has 4 heteroatoms. The van der Waals surface area contributed by atoms with Crippen molar-refractivity contribution in [1.29, 1.82) is 0 Å². The van der Waals surface area contributed by atoms with Crippen molar-refractivity contribution >= 4 is 11.6 Å². The van der Waals surface area contributed by atoms with Gasteiger partial charge >= 0.3 is 0 Å². The number of rotatable bonds is 1. The summed E-state index contributed by atoms with van der Waals surface area (Å²) in [5, 5.41) is 13.7. The van der Waals surface area contributed by atoms with Crippen LogP contribution in [-0.4, -0.2) is 23.6 Å². The molecule has 2 N–H and O–H groups in total. The van der Waals surface area contributed by atoms with Gasteiger partial charge in [-0.1, -0.05) is 37.3 Å². The van der Waals surface area contributed by atoms with Gasteiger partial charge in [-0.2, -0.15) is 0 Å². The van der Waals surface area contributed by atoms with Crippen LogP contribution in [0.2, 0.25) is 0 Å². The summed E-state index contributed by atoms with van der Waals surface area (Å²) in [6, 6.07) is 7.68. The first kappa shape index (κ1) is 14.8. The van der Waals surface area contributed by atoms with Crippen LogP contribution in [0.25, 0.3) is 0 Å². The van der Waals surface area contributed by atoms with Gasteiger partial charge in [-0.15, -0.1) is 0 Å². The Labute approximate surface area is 141 Å². The second-order valence-electron chi connectivity index (χ2n) is 6.61. The molecule has 0 saturated heterocycles. The van der Waals surface area contributed by atoms with Crippen LogP contribution in [0.4, 0.5) is 5.69 Å². The molecule has 0 fully saturated rings. The standard InChI is InChI=1S/C20H20N2O2/c1-13-11-15-5-2-3-7-17(15)22(12-13)20(24)16-9-8-14-6-4-10-21-18(14)19(16)23/h2-10,13,18,21,23H,11-12H2,1H3. The van der Waals surface area contributed by atoms with Crippen LogP contribution in [0.1, 0.15) is 12.5 Å². The monoisotopic (exact) mass is 320 g/mol. The Morgan fingerprint density at radius 2 is 2.12 bits per heavy atom. The maximum Gasteiger partial charge on any atom is 0.261 e. The lowest BCUT2D eigenvalue weighted by Crippen LogP contribution is -2.42. The first-order valence-electron chi connectivity index (χ1n) is 8.29. The van der Waals surface area contributed by atoms with E-state index in [1.807, 2.05) is 36.4 Å². The number of benzene rings is 1. The number of anilines is 1. The lowest BCUT2D eigenvalue weighted by atomic mass is 9.90. The van der Waals surface area contributed by atoms with E-state index in [9.17, 15) is 9.90 Å². The van der Waals surface area contributed by atoms with E-state index in [2.05, 4.69) is 18.3 Å². The van der Waals surface area contributed by atoms with Gasteiger partial charge in [0.05, 0.1) is 5.57 Å². The number of aliphatic hydroxyl groups is 1. The summed E-state index contributed by atoms with van der Waals surface area (Å²) in [7, 11) is 0. The maximum atomic E-state index is 13.1. The van der Waals surface area contributed by atoms with Gasteiger partial charge < -0.3 is 15.3 Å². The van der Waals surface area contributed by atoms with Crippen molar-refractivity contribution < 1.29 is 9.90 Å². The molecule has 2 aliphatic heterocycles. The molecule has 1 aliphatic carbocycles. The molecule has 4 nitrogen and oxygen atoms in total. The zero-order valence-electron chi connectivity index (χ0n) is 13.6. The third kappa shape index (κ3) is 2.35. The fourth-order valence-corrected chi connectivity index (χ4v) is 3.63. The summed E-state index contributed by atoms with van der Waals surface area (Å²) >= 11 is 0. The number of carbonyl (C=O) groups is 1. The predicted molar refractivity (Wildman–Crippen MR) is 94.6 cm³/mol. The van der Waals surface area contributed by atoms with Gasteiger partial charge in [0, 0.05) is 12.2 Å². The fourth-order valence-electron chi connectivity index (χ4n) is 3.63. The van der Waals surface area contributed by atoms with Crippen molar-refractivity contribution in [2.75, 3.05) is 11.4 Å². The van der Waals surface area contributed by atoms with Crippen molar-refractivity contribution in [2.45, 2.75) is 19.4 Å². The van der Waals surface area contributed by atoms with Gasteiger partial charge in [0.15, 0.2) is 0 Å². The summed E-state index contributed by atoms with van der Waals surface area (Å²) in [6.45, 7) is 2.82. The minimum Gasteiger partial charge on any atom is -0.509 e. The van der Waals surface area contributed by atoms with E-state index >= 15 is 0 Å². The summed E-state index contributed by atoms with van der Waals surface area (Å²) in [4.78, 5) is 14.9. The highest BCUT2D eigenvalue weighted by atomic mass is 16.3. The van der Waals surface area contributed by atoms with E-state index in [-0.39, 0.29) is 17.7 Å². The van der Waals surface area contributed by atoms with Gasteiger partial charge in [0.1, 0.15) is 11.8 Å². The van der Waals surface area contributed by atoms with E-state index in [1.165, 1.54) is 5.56 Å². The van der Waals surface area contributed by atoms with E-state index in [1.54, 1.807) is 17.2 Å². The van der Waals surface area contributed by atoms with E-state index in [4.69, 9.17) is 0 Å². The number of hydrogen-bond acceptors (Lipinski definition) is 3. The molecule has 0 aromatic heterocycles. The minimum absolute atomic E-state index is 0.0915. The summed E-state index contributed by atoms with van der Waals surface area (Å²) in [6.07, 6.45) is 10.2. The second kappa shape index (κ2) is 5.71. The van der Waals surface area contributed by atoms with Gasteiger partial charge in [0.2, 0.25) is 0 Å². The van der Waals surface area contributed by atoms with Gasteiger partial charge in [-0.25, -0.2) is 0 Å². The molecule has 122 valence electrons. The smallest absolute Gasteiger partial charge is 0.261 e. The zero-order valence-corrected chi connectivity index (χ0v) is 13.6. The van der Waals surface area contributed by atoms with Crippen LogP contribution >= 0.6 is 0 Å². The van der Waals surface area contributed by atoms with Crippen LogP contribution in [0.5, 0.6) is 0 Å². The number of amides is 1. The maximum absolute atomic E-state index is 13.1. The number of fused-ring (bicyclic) bond motifs is 2. The third-order valence-electron chi connectivity index (χ3n) is 4.79. The Balaban J connectivity index is 1.71. The number of dihydropyridines is 1.